The van der Waals surface area contributed by atoms with Crippen LogP contribution in [-0.4, -0.2) is 32.8 Å². The normalized spacial score (nSPS) is 17.5. The van der Waals surface area contributed by atoms with Crippen molar-refractivity contribution in [3.8, 4) is 0 Å². The van der Waals surface area contributed by atoms with E-state index in [1.807, 2.05) is 0 Å². The second kappa shape index (κ2) is 7.34. The van der Waals surface area contributed by atoms with Crippen LogP contribution in [-0.2, 0) is 10.0 Å². The standard InChI is InChI=1S/C18H18ClFN2O3S/c1-21-26(24,25)14-8-9-16(19)15(11-14)18(23)22-10-2-3-17(22)12-4-6-13(20)7-5-12/h4-9,11,17,21H,2-3,10H2,1H3. The van der Waals surface area contributed by atoms with Gasteiger partial charge in [0.2, 0.25) is 10.0 Å². The number of carbonyl (C=O) groups excluding carboxylic acids is 1. The predicted octanol–water partition coefficient (Wildman–Crippen LogP) is 3.36. The largest absolute Gasteiger partial charge is 0.332 e. The highest BCUT2D eigenvalue weighted by atomic mass is 35.5. The molecule has 1 aliphatic heterocycles. The van der Waals surface area contributed by atoms with Crippen molar-refractivity contribution < 1.29 is 17.6 Å². The highest BCUT2D eigenvalue weighted by molar-refractivity contribution is 7.89. The first-order valence-electron chi connectivity index (χ1n) is 8.13. The van der Waals surface area contributed by atoms with E-state index in [9.17, 15) is 17.6 Å². The van der Waals surface area contributed by atoms with E-state index in [0.717, 1.165) is 18.4 Å². The van der Waals surface area contributed by atoms with Crippen LogP contribution < -0.4 is 4.72 Å². The zero-order valence-corrected chi connectivity index (χ0v) is 15.6. The fourth-order valence-corrected chi connectivity index (χ4v) is 4.10. The minimum Gasteiger partial charge on any atom is -0.332 e. The zero-order chi connectivity index (χ0) is 18.9. The molecule has 0 saturated carbocycles. The number of benzene rings is 2. The van der Waals surface area contributed by atoms with Crippen molar-refractivity contribution in [2.24, 2.45) is 0 Å². The van der Waals surface area contributed by atoms with Gasteiger partial charge in [-0.25, -0.2) is 17.5 Å². The van der Waals surface area contributed by atoms with E-state index in [2.05, 4.69) is 4.72 Å². The number of likely N-dealkylation sites (tertiary alicyclic amines) is 1. The lowest BCUT2D eigenvalue weighted by atomic mass is 10.0. The molecule has 0 bridgehead atoms. The number of hydrogen-bond donors (Lipinski definition) is 1. The van der Waals surface area contributed by atoms with E-state index >= 15 is 0 Å². The van der Waals surface area contributed by atoms with Crippen LogP contribution >= 0.6 is 11.6 Å². The number of nitrogens with zero attached hydrogens (tertiary/aromatic N) is 1. The molecule has 1 unspecified atom stereocenters. The Morgan fingerprint density at radius 1 is 1.23 bits per heavy atom. The number of rotatable bonds is 4. The molecular formula is C18H18ClFN2O3S. The van der Waals surface area contributed by atoms with Gasteiger partial charge in [-0.15, -0.1) is 0 Å². The first-order chi connectivity index (χ1) is 12.3. The van der Waals surface area contributed by atoms with Crippen LogP contribution in [0.15, 0.2) is 47.4 Å². The van der Waals surface area contributed by atoms with Gasteiger partial charge < -0.3 is 4.90 Å². The van der Waals surface area contributed by atoms with Crippen molar-refractivity contribution in [2.75, 3.05) is 13.6 Å². The fraction of sp³-hybridized carbons (Fsp3) is 0.278. The zero-order valence-electron chi connectivity index (χ0n) is 14.1. The third kappa shape index (κ3) is 3.60. The first-order valence-corrected chi connectivity index (χ1v) is 9.99. The van der Waals surface area contributed by atoms with E-state index in [0.29, 0.717) is 6.54 Å². The fourth-order valence-electron chi connectivity index (χ4n) is 3.15. The molecule has 2 aromatic carbocycles. The summed E-state index contributed by atoms with van der Waals surface area (Å²) in [6, 6.07) is 9.91. The Hall–Kier alpha value is -1.96. The Morgan fingerprint density at radius 2 is 1.92 bits per heavy atom. The smallest absolute Gasteiger partial charge is 0.255 e. The molecule has 0 radical (unpaired) electrons. The lowest BCUT2D eigenvalue weighted by molar-refractivity contribution is 0.0735. The monoisotopic (exact) mass is 396 g/mol. The van der Waals surface area contributed by atoms with Gasteiger partial charge in [-0.05, 0) is 55.8 Å². The molecule has 0 spiro atoms. The van der Waals surface area contributed by atoms with Crippen LogP contribution in [0, 0.1) is 5.82 Å². The van der Waals surface area contributed by atoms with Gasteiger partial charge in [0.05, 0.1) is 21.5 Å². The number of hydrogen-bond acceptors (Lipinski definition) is 3. The molecule has 8 heteroatoms. The van der Waals surface area contributed by atoms with E-state index in [1.165, 1.54) is 37.4 Å². The van der Waals surface area contributed by atoms with Crippen LogP contribution in [0.1, 0.15) is 34.8 Å². The summed E-state index contributed by atoms with van der Waals surface area (Å²) in [6.07, 6.45) is 1.56. The molecule has 3 rings (SSSR count). The molecular weight excluding hydrogens is 379 g/mol. The summed E-state index contributed by atoms with van der Waals surface area (Å²) in [5, 5.41) is 0.190. The highest BCUT2D eigenvalue weighted by Gasteiger charge is 2.32. The molecule has 0 aromatic heterocycles. The van der Waals surface area contributed by atoms with Crippen LogP contribution in [0.4, 0.5) is 4.39 Å². The molecule has 1 amide bonds. The van der Waals surface area contributed by atoms with E-state index in [-0.39, 0.29) is 33.2 Å². The average molecular weight is 397 g/mol. The Bertz CT molecular complexity index is 932. The number of halogens is 2. The Balaban J connectivity index is 1.95. The molecule has 1 saturated heterocycles. The summed E-state index contributed by atoms with van der Waals surface area (Å²) in [7, 11) is -2.38. The summed E-state index contributed by atoms with van der Waals surface area (Å²) in [6.45, 7) is 0.528. The van der Waals surface area contributed by atoms with Gasteiger partial charge in [-0.1, -0.05) is 23.7 Å². The molecule has 1 atom stereocenters. The van der Waals surface area contributed by atoms with Crippen LogP contribution in [0.2, 0.25) is 5.02 Å². The molecule has 1 fully saturated rings. The van der Waals surface area contributed by atoms with Gasteiger partial charge >= 0.3 is 0 Å². The second-order valence-corrected chi connectivity index (χ2v) is 8.35. The van der Waals surface area contributed by atoms with Gasteiger partial charge in [0.25, 0.3) is 5.91 Å². The SMILES string of the molecule is CNS(=O)(=O)c1ccc(Cl)c(C(=O)N2CCCC2c2ccc(F)cc2)c1. The van der Waals surface area contributed by atoms with Crippen molar-refractivity contribution in [2.45, 2.75) is 23.8 Å². The molecule has 1 aliphatic rings. The maximum atomic E-state index is 13.2. The van der Waals surface area contributed by atoms with Gasteiger partial charge in [0, 0.05) is 6.54 Å². The average Bonchev–Trinajstić information content (AvgIpc) is 3.11. The van der Waals surface area contributed by atoms with Crippen LogP contribution in [0.5, 0.6) is 0 Å². The van der Waals surface area contributed by atoms with Gasteiger partial charge in [0.1, 0.15) is 5.82 Å². The second-order valence-electron chi connectivity index (χ2n) is 6.06. The van der Waals surface area contributed by atoms with Crippen LogP contribution in [0.3, 0.4) is 0 Å². The maximum absolute atomic E-state index is 13.2. The number of sulfonamides is 1. The molecule has 138 valence electrons. The lowest BCUT2D eigenvalue weighted by Gasteiger charge is -2.26. The third-order valence-electron chi connectivity index (χ3n) is 4.52. The Morgan fingerprint density at radius 3 is 2.58 bits per heavy atom. The molecule has 1 heterocycles. The summed E-state index contributed by atoms with van der Waals surface area (Å²) < 4.78 is 39.4. The summed E-state index contributed by atoms with van der Waals surface area (Å²) in [5.74, 6) is -0.674. The molecule has 1 N–H and O–H groups in total. The van der Waals surface area contributed by atoms with E-state index < -0.39 is 10.0 Å². The third-order valence-corrected chi connectivity index (χ3v) is 6.26. The quantitative estimate of drug-likeness (QED) is 0.861. The summed E-state index contributed by atoms with van der Waals surface area (Å²) >= 11 is 6.16. The van der Waals surface area contributed by atoms with E-state index in [1.54, 1.807) is 17.0 Å². The molecule has 2 aromatic rings. The first kappa shape index (κ1) is 18.8. The Labute approximate surface area is 156 Å². The minimum atomic E-state index is -3.69. The lowest BCUT2D eigenvalue weighted by Crippen LogP contribution is -2.31. The minimum absolute atomic E-state index is 0.0229. The highest BCUT2D eigenvalue weighted by Crippen LogP contribution is 2.34. The summed E-state index contributed by atoms with van der Waals surface area (Å²) in [4.78, 5) is 14.7. The number of nitrogens with one attached hydrogen (secondary N) is 1. The molecule has 0 aliphatic carbocycles. The molecule has 5 nitrogen and oxygen atoms in total. The van der Waals surface area contributed by atoms with Gasteiger partial charge in [-0.3, -0.25) is 4.79 Å². The van der Waals surface area contributed by atoms with E-state index in [4.69, 9.17) is 11.6 Å². The van der Waals surface area contributed by atoms with Crippen molar-refractivity contribution in [1.82, 2.24) is 9.62 Å². The van der Waals surface area contributed by atoms with Gasteiger partial charge in [-0.2, -0.15) is 0 Å². The van der Waals surface area contributed by atoms with Gasteiger partial charge in [0.15, 0.2) is 0 Å². The van der Waals surface area contributed by atoms with Crippen LogP contribution in [0.25, 0.3) is 0 Å². The molecule has 26 heavy (non-hydrogen) atoms. The summed E-state index contributed by atoms with van der Waals surface area (Å²) in [5.41, 5.74) is 0.976. The number of amides is 1. The number of carbonyl (C=O) groups is 1. The Kier molecular flexibility index (Phi) is 5.32. The van der Waals surface area contributed by atoms with Crippen molar-refractivity contribution in [1.29, 1.82) is 0 Å². The topological polar surface area (TPSA) is 66.5 Å². The van der Waals surface area contributed by atoms with Crippen molar-refractivity contribution >= 4 is 27.5 Å². The maximum Gasteiger partial charge on any atom is 0.255 e. The van der Waals surface area contributed by atoms with Crippen molar-refractivity contribution in [3.05, 3.63) is 64.4 Å². The van der Waals surface area contributed by atoms with Crippen molar-refractivity contribution in [3.63, 3.8) is 0 Å². The predicted molar refractivity (Wildman–Crippen MR) is 97.1 cm³/mol.